The average molecular weight is 527 g/mol. The molecule has 0 aliphatic heterocycles. The lowest BCUT2D eigenvalue weighted by molar-refractivity contribution is -0.169. The number of phenols is 1. The van der Waals surface area contributed by atoms with Crippen molar-refractivity contribution >= 4 is 35.6 Å². The van der Waals surface area contributed by atoms with E-state index in [0.29, 0.717) is 5.56 Å². The monoisotopic (exact) mass is 526 g/mol. The topological polar surface area (TPSA) is 202 Å². The highest BCUT2D eigenvalue weighted by atomic mass is 35.5. The number of hydrogen-bond donors (Lipinski definition) is 7. The van der Waals surface area contributed by atoms with Crippen molar-refractivity contribution in [1.82, 2.24) is 4.90 Å². The molecule has 0 unspecified atom stereocenters. The van der Waals surface area contributed by atoms with Gasteiger partial charge in [0.05, 0.1) is 23.6 Å². The molecule has 0 saturated heterocycles. The third kappa shape index (κ3) is 3.87. The van der Waals surface area contributed by atoms with Crippen LogP contribution in [0.15, 0.2) is 35.1 Å². The van der Waals surface area contributed by atoms with Gasteiger partial charge in [-0.2, -0.15) is 0 Å². The largest absolute Gasteiger partial charge is 0.508 e. The van der Waals surface area contributed by atoms with Crippen molar-refractivity contribution in [3.8, 4) is 5.75 Å². The van der Waals surface area contributed by atoms with E-state index in [2.05, 4.69) is 0 Å². The van der Waals surface area contributed by atoms with Gasteiger partial charge in [0.15, 0.2) is 11.4 Å². The molecule has 1 amide bonds. The van der Waals surface area contributed by atoms with Gasteiger partial charge in [-0.15, -0.1) is 12.4 Å². The van der Waals surface area contributed by atoms with Crippen molar-refractivity contribution in [2.24, 2.45) is 17.6 Å². The molecule has 0 radical (unpaired) electrons. The van der Waals surface area contributed by atoms with Crippen LogP contribution in [-0.2, 0) is 14.4 Å². The number of carbonyl (C=O) groups is 3. The molecule has 1 aromatic carbocycles. The summed E-state index contributed by atoms with van der Waals surface area (Å²) in [5.74, 6) is -8.87. The Kier molecular flexibility index (Phi) is 8.29. The van der Waals surface area contributed by atoms with Crippen molar-refractivity contribution < 1.29 is 45.0 Å². The van der Waals surface area contributed by atoms with E-state index in [1.54, 1.807) is 26.0 Å². The van der Waals surface area contributed by atoms with Gasteiger partial charge in [0.2, 0.25) is 5.78 Å². The Hall–Kier alpha value is -2.96. The predicted octanol–water partition coefficient (Wildman–Crippen LogP) is -0.0838. The minimum atomic E-state index is -2.89. The average Bonchev–Trinajstić information content (AvgIpc) is 2.76. The summed E-state index contributed by atoms with van der Waals surface area (Å²) in [4.78, 5) is 40.0. The van der Waals surface area contributed by atoms with E-state index < -0.39 is 75.6 Å². The van der Waals surface area contributed by atoms with Crippen molar-refractivity contribution in [2.45, 2.75) is 37.5 Å². The number of carbonyl (C=O) groups excluding carboxylic acids is 3. The van der Waals surface area contributed by atoms with Crippen molar-refractivity contribution in [3.63, 3.8) is 0 Å². The fourth-order valence-corrected chi connectivity index (χ4v) is 5.58. The fourth-order valence-electron chi connectivity index (χ4n) is 5.58. The molecule has 0 heterocycles. The minimum absolute atomic E-state index is 0. The number of halogens is 1. The van der Waals surface area contributed by atoms with Crippen LogP contribution < -0.4 is 5.73 Å². The molecule has 1 saturated carbocycles. The number of fused-ring (bicyclic) bond motifs is 3. The zero-order chi connectivity index (χ0) is 26.6. The Morgan fingerprint density at radius 2 is 1.72 bits per heavy atom. The quantitative estimate of drug-likeness (QED) is 0.255. The summed E-state index contributed by atoms with van der Waals surface area (Å²) in [5, 5.41) is 62.5. The Morgan fingerprint density at radius 3 is 2.22 bits per heavy atom. The van der Waals surface area contributed by atoms with Gasteiger partial charge < -0.3 is 36.4 Å². The second kappa shape index (κ2) is 10.2. The Bertz CT molecular complexity index is 1160. The number of phenolic OH excluding ortho intramolecular Hbond substituents is 1. The van der Waals surface area contributed by atoms with E-state index in [1.807, 2.05) is 0 Å². The van der Waals surface area contributed by atoms with Crippen molar-refractivity contribution in [3.05, 3.63) is 46.2 Å². The molecule has 0 spiro atoms. The molecule has 4 rings (SSSR count). The van der Waals surface area contributed by atoms with Gasteiger partial charge in [-0.1, -0.05) is 19.1 Å². The van der Waals surface area contributed by atoms with E-state index in [4.69, 9.17) is 10.8 Å². The maximum atomic E-state index is 13.7. The van der Waals surface area contributed by atoms with E-state index >= 15 is 0 Å². The molecule has 198 valence electrons. The molecule has 12 heteroatoms. The van der Waals surface area contributed by atoms with Crippen LogP contribution in [0.3, 0.4) is 0 Å². The van der Waals surface area contributed by atoms with Crippen LogP contribution in [0.4, 0.5) is 0 Å². The number of nitrogens with two attached hydrogens (primary N) is 1. The second-order valence-corrected chi connectivity index (χ2v) is 9.11. The molecule has 0 aromatic heterocycles. The molecule has 0 bridgehead atoms. The van der Waals surface area contributed by atoms with Crippen molar-refractivity contribution in [1.29, 1.82) is 0 Å². The maximum absolute atomic E-state index is 13.7. The minimum Gasteiger partial charge on any atom is -0.508 e. The van der Waals surface area contributed by atoms with Crippen LogP contribution in [0, 0.1) is 11.8 Å². The number of ketones is 2. The van der Waals surface area contributed by atoms with Gasteiger partial charge >= 0.3 is 0 Å². The first-order valence-corrected chi connectivity index (χ1v) is 11.0. The number of aliphatic hydroxyl groups excluding tert-OH is 4. The van der Waals surface area contributed by atoms with Gasteiger partial charge in [0, 0.05) is 18.1 Å². The SMILES string of the molecule is CCO.C[C@H]1c2cccc(O)c2C(O)=C2C(=O)[C@]3(O)C(O)=C(C(N)=O)C(=O)[C@@H](N(C)C)[C@@H]3[C@@H](O)[C@@H]21.Cl. The summed E-state index contributed by atoms with van der Waals surface area (Å²) in [6.07, 6.45) is -1.59. The second-order valence-electron chi connectivity index (χ2n) is 9.11. The molecule has 6 atom stereocenters. The number of benzene rings is 1. The molecule has 36 heavy (non-hydrogen) atoms. The highest BCUT2D eigenvalue weighted by Gasteiger charge is 2.68. The first-order valence-electron chi connectivity index (χ1n) is 11.0. The number of amides is 1. The lowest BCUT2D eigenvalue weighted by atomic mass is 9.54. The fraction of sp³-hybridized carbons (Fsp3) is 0.458. The molecular formula is C24H31ClN2O9. The normalized spacial score (nSPS) is 31.1. The van der Waals surface area contributed by atoms with Gasteiger partial charge in [0.1, 0.15) is 22.8 Å². The van der Waals surface area contributed by atoms with Crippen LogP contribution in [0.25, 0.3) is 5.76 Å². The van der Waals surface area contributed by atoms with Crippen LogP contribution in [0.5, 0.6) is 5.75 Å². The summed E-state index contributed by atoms with van der Waals surface area (Å²) in [7, 11) is 2.92. The lowest BCUT2D eigenvalue weighted by Crippen LogP contribution is -2.70. The summed E-state index contributed by atoms with van der Waals surface area (Å²) in [6, 6.07) is 3.13. The van der Waals surface area contributed by atoms with Gasteiger partial charge in [-0.05, 0) is 38.6 Å². The highest BCUT2D eigenvalue weighted by Crippen LogP contribution is 2.55. The molecule has 3 aliphatic rings. The highest BCUT2D eigenvalue weighted by molar-refractivity contribution is 6.24. The Balaban J connectivity index is 0.00000109. The molecule has 11 nitrogen and oxygen atoms in total. The summed E-state index contributed by atoms with van der Waals surface area (Å²) >= 11 is 0. The first-order chi connectivity index (χ1) is 16.3. The zero-order valence-corrected chi connectivity index (χ0v) is 21.0. The predicted molar refractivity (Wildman–Crippen MR) is 130 cm³/mol. The summed E-state index contributed by atoms with van der Waals surface area (Å²) in [6.45, 7) is 3.61. The molecule has 1 aromatic rings. The first kappa shape index (κ1) is 29.3. The van der Waals surface area contributed by atoms with Gasteiger partial charge in [-0.3, -0.25) is 19.3 Å². The van der Waals surface area contributed by atoms with Crippen LogP contribution in [0.1, 0.15) is 30.9 Å². The Labute approximate surface area is 213 Å². The van der Waals surface area contributed by atoms with Gasteiger partial charge in [-0.25, -0.2) is 0 Å². The van der Waals surface area contributed by atoms with E-state index in [-0.39, 0.29) is 30.3 Å². The molecule has 3 aliphatic carbocycles. The molecule has 1 fully saturated rings. The number of likely N-dealkylation sites (N-methyl/N-ethyl adjacent to an activating group) is 1. The Morgan fingerprint density at radius 1 is 1.17 bits per heavy atom. The zero-order valence-electron chi connectivity index (χ0n) is 20.2. The van der Waals surface area contributed by atoms with E-state index in [1.165, 1.54) is 25.1 Å². The van der Waals surface area contributed by atoms with Crippen LogP contribution in [0.2, 0.25) is 0 Å². The third-order valence-electron chi connectivity index (χ3n) is 6.99. The number of Topliss-reactive ketones (excluding diaryl/α,β-unsaturated/α-hetero) is 2. The smallest absolute Gasteiger partial charge is 0.255 e. The van der Waals surface area contributed by atoms with E-state index in [9.17, 15) is 39.9 Å². The standard InChI is InChI=1S/C22H24N2O8.C2H6O.ClH/c1-7-8-5-4-6-9(25)11(8)16(26)12-10(7)17(27)14-15(24(2)3)18(28)13(21(23)31)20(30)22(14,32)19(12)29;1-2-3;/h4-7,10,14-15,17,25-27,30,32H,1-3H3,(H2,23,31);3H,2H2,1H3;1H/t7-,10+,14+,15-,17-,22-;;/m0../s1. The number of nitrogens with zero attached hydrogens (tertiary/aromatic N) is 1. The maximum Gasteiger partial charge on any atom is 0.255 e. The van der Waals surface area contributed by atoms with Gasteiger partial charge in [0.25, 0.3) is 5.91 Å². The number of aromatic hydroxyl groups is 1. The molecule has 8 N–H and O–H groups in total. The number of rotatable bonds is 2. The van der Waals surface area contributed by atoms with Crippen LogP contribution >= 0.6 is 12.4 Å². The third-order valence-corrected chi connectivity index (χ3v) is 6.99. The molecular weight excluding hydrogens is 496 g/mol. The van der Waals surface area contributed by atoms with Crippen LogP contribution in [-0.4, -0.2) is 91.5 Å². The summed E-state index contributed by atoms with van der Waals surface area (Å²) < 4.78 is 0. The number of hydrogen-bond acceptors (Lipinski definition) is 10. The van der Waals surface area contributed by atoms with E-state index in [0.717, 1.165) is 0 Å². The number of aliphatic hydroxyl groups is 5. The summed E-state index contributed by atoms with van der Waals surface area (Å²) in [5.41, 5.74) is 1.47. The number of primary amides is 1. The lowest BCUT2D eigenvalue weighted by Gasteiger charge is -2.53. The van der Waals surface area contributed by atoms with Crippen molar-refractivity contribution in [2.75, 3.05) is 20.7 Å².